The maximum atomic E-state index is 2.93. The Kier molecular flexibility index (Phi) is 6.85. The molecule has 4 bridgehead atoms. The number of hydrogen-bond acceptors (Lipinski definition) is 2. The third-order valence-corrected chi connectivity index (χ3v) is 25.4. The number of fused-ring (bicyclic) bond motifs is 15. The van der Waals surface area contributed by atoms with Crippen molar-refractivity contribution in [3.05, 3.63) is 162 Å². The number of benzene rings is 8. The lowest BCUT2D eigenvalue weighted by molar-refractivity contribution is -0.175. The lowest BCUT2D eigenvalue weighted by atomic mass is 9.38. The van der Waals surface area contributed by atoms with Crippen molar-refractivity contribution in [2.24, 2.45) is 46.3 Å². The van der Waals surface area contributed by atoms with Crippen molar-refractivity contribution >= 4 is 98.9 Å². The molecule has 2 spiro atoms. The number of rotatable bonds is 4. The van der Waals surface area contributed by atoms with Gasteiger partial charge in [0.15, 0.2) is 0 Å². The Morgan fingerprint density at radius 1 is 0.527 bits per heavy atom. The molecule has 20 rings (SSSR count). The average molecular weight is 971 g/mol. The fourth-order valence-corrected chi connectivity index (χ4v) is 22.7. The summed E-state index contributed by atoms with van der Waals surface area (Å²) in [7, 11) is 0. The van der Waals surface area contributed by atoms with Crippen LogP contribution in [0.5, 0.6) is 0 Å². The van der Waals surface area contributed by atoms with Gasteiger partial charge in [-0.3, -0.25) is 0 Å². The number of anilines is 3. The van der Waals surface area contributed by atoms with Crippen LogP contribution in [0.2, 0.25) is 0 Å². The average Bonchev–Trinajstić information content (AvgIpc) is 4.31. The molecule has 0 radical (unpaired) electrons. The molecule has 4 heterocycles. The predicted molar refractivity (Wildman–Crippen MR) is 310 cm³/mol. The molecule has 358 valence electrons. The number of nitrogens with zero attached hydrogens (tertiary/aromatic N) is 2. The first kappa shape index (κ1) is 40.2. The van der Waals surface area contributed by atoms with Crippen LogP contribution in [-0.2, 0) is 16.2 Å². The van der Waals surface area contributed by atoms with Crippen LogP contribution in [0.1, 0.15) is 102 Å². The zero-order chi connectivity index (χ0) is 48.1. The summed E-state index contributed by atoms with van der Waals surface area (Å²) >= 11 is 2.08. The van der Waals surface area contributed by atoms with Crippen molar-refractivity contribution in [3.8, 4) is 22.3 Å². The van der Waals surface area contributed by atoms with Gasteiger partial charge < -0.3 is 9.38 Å². The monoisotopic (exact) mass is 970 g/mol. The van der Waals surface area contributed by atoms with Crippen molar-refractivity contribution in [1.82, 2.24) is 4.48 Å². The molecule has 8 aliphatic carbocycles. The summed E-state index contributed by atoms with van der Waals surface area (Å²) < 4.78 is 5.78. The fraction of sp³-hybridized carbons (Fsp3) is 0.343. The minimum Gasteiger partial charge on any atom is -0.375 e. The van der Waals surface area contributed by atoms with Crippen molar-refractivity contribution in [2.75, 3.05) is 4.90 Å². The van der Waals surface area contributed by atoms with E-state index in [0.717, 1.165) is 35.5 Å². The summed E-state index contributed by atoms with van der Waals surface area (Å²) in [4.78, 5) is 2.77. The molecule has 4 atom stereocenters. The zero-order valence-corrected chi connectivity index (χ0v) is 43.6. The largest absolute Gasteiger partial charge is 0.375 e. The quantitative estimate of drug-likeness (QED) is 0.160. The molecule has 0 N–H and O–H groups in total. The Balaban J connectivity index is 0.929. The number of hydrogen-bond donors (Lipinski definition) is 0. The molecule has 10 aliphatic rings. The van der Waals surface area contributed by atoms with Gasteiger partial charge in [-0.2, -0.15) is 0 Å². The van der Waals surface area contributed by atoms with Crippen molar-refractivity contribution in [3.63, 3.8) is 0 Å². The zero-order valence-electron chi connectivity index (χ0n) is 42.8. The highest BCUT2D eigenvalue weighted by molar-refractivity contribution is 7.32. The van der Waals surface area contributed by atoms with Crippen LogP contribution in [0, 0.1) is 46.3 Å². The van der Waals surface area contributed by atoms with Gasteiger partial charge >= 0.3 is 6.85 Å². The maximum absolute atomic E-state index is 2.93. The first-order chi connectivity index (χ1) is 36.1. The summed E-state index contributed by atoms with van der Waals surface area (Å²) in [5.74, 6) is 5.83. The van der Waals surface area contributed by atoms with E-state index in [1.54, 1.807) is 11.1 Å². The minimum atomic E-state index is -0.00726. The number of thiophene rings is 1. The lowest BCUT2D eigenvalue weighted by Crippen LogP contribution is -2.59. The van der Waals surface area contributed by atoms with E-state index < -0.39 is 0 Å². The molecule has 10 aromatic rings. The Hall–Kier alpha value is -6.10. The summed E-state index contributed by atoms with van der Waals surface area (Å²) in [6, 6.07) is 58.6. The molecule has 2 aromatic heterocycles. The van der Waals surface area contributed by atoms with Gasteiger partial charge in [-0.15, -0.1) is 11.3 Å². The van der Waals surface area contributed by atoms with E-state index in [4.69, 9.17) is 0 Å². The van der Waals surface area contributed by atoms with Gasteiger partial charge in [-0.25, -0.2) is 0 Å². The first-order valence-corrected chi connectivity index (χ1v) is 29.6. The van der Waals surface area contributed by atoms with Crippen LogP contribution in [0.3, 0.4) is 0 Å². The van der Waals surface area contributed by atoms with Crippen molar-refractivity contribution < 1.29 is 0 Å². The van der Waals surface area contributed by atoms with Gasteiger partial charge in [0.05, 0.1) is 11.4 Å². The van der Waals surface area contributed by atoms with Gasteiger partial charge in [0.25, 0.3) is 0 Å². The maximum Gasteiger partial charge on any atom is 0.343 e. The van der Waals surface area contributed by atoms with E-state index >= 15 is 0 Å². The van der Waals surface area contributed by atoms with Gasteiger partial charge in [0.1, 0.15) is 0 Å². The second kappa shape index (κ2) is 12.6. The molecular weight excluding hydrogens is 912 g/mol. The second-order valence-electron chi connectivity index (χ2n) is 27.6. The Morgan fingerprint density at radius 3 is 1.89 bits per heavy atom. The van der Waals surface area contributed by atoms with E-state index in [2.05, 4.69) is 187 Å². The Bertz CT molecular complexity index is 4260. The summed E-state index contributed by atoms with van der Waals surface area (Å²) in [6.07, 6.45) is 14.5. The fourth-order valence-electron chi connectivity index (χ4n) is 21.2. The molecule has 0 amide bonds. The first-order valence-electron chi connectivity index (χ1n) is 28.8. The molecule has 8 aromatic carbocycles. The van der Waals surface area contributed by atoms with Crippen LogP contribution in [0.25, 0.3) is 75.7 Å². The van der Waals surface area contributed by atoms with E-state index in [-0.39, 0.29) is 17.7 Å². The van der Waals surface area contributed by atoms with Gasteiger partial charge in [0.2, 0.25) is 0 Å². The lowest BCUT2D eigenvalue weighted by Gasteiger charge is -2.66. The molecule has 2 aliphatic heterocycles. The van der Waals surface area contributed by atoms with Crippen molar-refractivity contribution in [2.45, 2.75) is 101 Å². The summed E-state index contributed by atoms with van der Waals surface area (Å²) in [5.41, 5.74) is 20.5. The second-order valence-corrected chi connectivity index (χ2v) is 28.6. The molecule has 2 nitrogen and oxygen atoms in total. The van der Waals surface area contributed by atoms with E-state index in [0.29, 0.717) is 16.2 Å². The molecular formula is C70H59BN2S. The normalized spacial score (nSPS) is 32.4. The third-order valence-electron chi connectivity index (χ3n) is 24.1. The highest BCUT2D eigenvalue weighted by Gasteiger charge is 2.78. The highest BCUT2D eigenvalue weighted by atomic mass is 32.1. The smallest absolute Gasteiger partial charge is 0.343 e. The minimum absolute atomic E-state index is 0.00726. The van der Waals surface area contributed by atoms with Gasteiger partial charge in [-0.05, 0) is 224 Å². The molecule has 8 saturated carbocycles. The SMILES string of the molecule is CC(C)(C)c1ccc(N2c3cc4ccccc4c4c3B(c3sc5c(ccc6ccccc65)c32)n2c3ccc(C56CC7CC8CC(C5)C87C6)cc3c3cc(C56CC7CC8CC(C5)C87C6)cc-4c32)c(-c2ccccc2)c1. The van der Waals surface area contributed by atoms with Crippen molar-refractivity contribution in [1.29, 1.82) is 0 Å². The summed E-state index contributed by atoms with van der Waals surface area (Å²) in [5, 5.41) is 9.81. The topological polar surface area (TPSA) is 8.17 Å². The molecule has 0 saturated heterocycles. The molecule has 74 heavy (non-hydrogen) atoms. The van der Waals surface area contributed by atoms with Crippen LogP contribution >= 0.6 is 11.3 Å². The van der Waals surface area contributed by atoms with Crippen LogP contribution < -0.4 is 15.1 Å². The van der Waals surface area contributed by atoms with E-state index in [1.165, 1.54) is 173 Å². The van der Waals surface area contributed by atoms with Crippen LogP contribution in [0.15, 0.2) is 146 Å². The van der Waals surface area contributed by atoms with Gasteiger partial charge in [0, 0.05) is 53.5 Å². The number of aromatic nitrogens is 1. The third kappa shape index (κ3) is 4.34. The Labute approximate surface area is 437 Å². The van der Waals surface area contributed by atoms with Crippen LogP contribution in [-0.4, -0.2) is 11.3 Å². The highest BCUT2D eigenvalue weighted by Crippen LogP contribution is 2.86. The summed E-state index contributed by atoms with van der Waals surface area (Å²) in [6.45, 7) is 7.10. The van der Waals surface area contributed by atoms with Gasteiger partial charge in [-0.1, -0.05) is 124 Å². The molecule has 4 heteroatoms. The van der Waals surface area contributed by atoms with E-state index in [1.807, 2.05) is 0 Å². The standard InChI is InChI=1S/C70H59BN2S/c1-66(2,3)41-18-21-57(53(28-41)38-11-5-4-6-12-38)72-59-23-40-14-8-9-15-50(40)60-56-31-43(68-34-48-26-45-27-49(35-68)70(45,48)37-68)30-55-54-29-42(67-32-46-24-44-25-47(33-67)69(44,46)36-67)19-22-58(54)73(62(55)56)71(61(59)60)65-63(72)52-20-17-39-13-7-10-16-51(39)64(52)74-65/h4-23,28-31,44-49H,24-27,32-37H2,1-3H3. The van der Waals surface area contributed by atoms with Crippen LogP contribution in [0.4, 0.5) is 17.1 Å². The molecule has 8 fully saturated rings. The molecule has 4 unspecified atom stereocenters. The van der Waals surface area contributed by atoms with E-state index in [9.17, 15) is 0 Å². The predicted octanol–water partition coefficient (Wildman–Crippen LogP) is 16.9. The Morgan fingerprint density at radius 2 is 1.19 bits per heavy atom.